The summed E-state index contributed by atoms with van der Waals surface area (Å²) in [6, 6.07) is 21.1. The Morgan fingerprint density at radius 3 is 2.31 bits per heavy atom. The first-order chi connectivity index (χ1) is 18.7. The molecule has 3 aromatic carbocycles. The largest absolute Gasteiger partial charge is 0.496 e. The summed E-state index contributed by atoms with van der Waals surface area (Å²) in [5.74, 6) is -0.244. The molecule has 1 atom stereocenters. The van der Waals surface area contributed by atoms with Crippen LogP contribution in [0.1, 0.15) is 37.0 Å². The molecule has 4 aromatic rings. The number of carbonyl (C=O) groups is 2. The molecule has 200 valence electrons. The standard InChI is InChI=1S/C30H25ClFNO5S/c1-17(18-5-10-22(31)11-6-18)38-29(36)33-24-16-26(32)39-27(24)20-7-12-23(25(15-20)37-2)19-3-8-21(9-4-19)30(13-14-30)28(34)35/h3-12,15-17H,13-14H2,1-2H3,(H,33,36)(H,34,35)/t17-/m1/s1. The van der Waals surface area contributed by atoms with E-state index < -0.39 is 28.7 Å². The van der Waals surface area contributed by atoms with Crippen molar-refractivity contribution in [2.24, 2.45) is 0 Å². The molecule has 0 radical (unpaired) electrons. The topological polar surface area (TPSA) is 84.9 Å². The Labute approximate surface area is 234 Å². The summed E-state index contributed by atoms with van der Waals surface area (Å²) in [6.07, 6.45) is 0.0300. The molecule has 1 aliphatic carbocycles. The third-order valence-corrected chi connectivity index (χ3v) is 8.16. The minimum atomic E-state index is -0.798. The van der Waals surface area contributed by atoms with Crippen LogP contribution in [0.3, 0.4) is 0 Å². The van der Waals surface area contributed by atoms with Crippen LogP contribution in [-0.4, -0.2) is 24.3 Å². The quantitative estimate of drug-likeness (QED) is 0.224. The number of thiophene rings is 1. The van der Waals surface area contributed by atoms with Gasteiger partial charge in [0.1, 0.15) is 11.9 Å². The van der Waals surface area contributed by atoms with Crippen molar-refractivity contribution >= 4 is 40.7 Å². The summed E-state index contributed by atoms with van der Waals surface area (Å²) in [5.41, 5.74) is 3.39. The van der Waals surface area contributed by atoms with Gasteiger partial charge in [0.05, 0.1) is 23.1 Å². The lowest BCUT2D eigenvalue weighted by atomic mass is 9.93. The molecule has 0 unspecified atom stereocenters. The monoisotopic (exact) mass is 565 g/mol. The van der Waals surface area contributed by atoms with Crippen molar-refractivity contribution in [3.05, 3.63) is 94.1 Å². The zero-order valence-corrected chi connectivity index (χ0v) is 22.7. The third-order valence-electron chi connectivity index (χ3n) is 6.93. The van der Waals surface area contributed by atoms with Crippen molar-refractivity contribution in [2.75, 3.05) is 12.4 Å². The van der Waals surface area contributed by atoms with E-state index in [0.29, 0.717) is 34.1 Å². The summed E-state index contributed by atoms with van der Waals surface area (Å²) in [5, 5.41) is 12.3. The molecular formula is C30H25ClFNO5S. The molecule has 1 heterocycles. The molecular weight excluding hydrogens is 541 g/mol. The number of halogens is 2. The summed E-state index contributed by atoms with van der Waals surface area (Å²) < 4.78 is 25.5. The Balaban J connectivity index is 1.36. The zero-order chi connectivity index (χ0) is 27.7. The number of carboxylic acids is 1. The van der Waals surface area contributed by atoms with Gasteiger partial charge in [-0.25, -0.2) is 4.79 Å². The number of ether oxygens (including phenoxy) is 2. The SMILES string of the molecule is COc1cc(-c2sc(F)cc2NC(=O)O[C@H](C)c2ccc(Cl)cc2)ccc1-c1ccc(C2(C(=O)O)CC2)cc1. The zero-order valence-electron chi connectivity index (χ0n) is 21.2. The van der Waals surface area contributed by atoms with Crippen LogP contribution in [0.5, 0.6) is 5.75 Å². The number of benzene rings is 3. The smallest absolute Gasteiger partial charge is 0.412 e. The Morgan fingerprint density at radius 1 is 1.03 bits per heavy atom. The second kappa shape index (κ2) is 10.7. The molecule has 6 nitrogen and oxygen atoms in total. The first-order valence-corrected chi connectivity index (χ1v) is 13.4. The predicted octanol–water partition coefficient (Wildman–Crippen LogP) is 8.31. The molecule has 9 heteroatoms. The van der Waals surface area contributed by atoms with Crippen molar-refractivity contribution in [1.29, 1.82) is 0 Å². The molecule has 1 aliphatic rings. The number of methoxy groups -OCH3 is 1. The number of carboxylic acid groups (broad SMARTS) is 1. The molecule has 0 bridgehead atoms. The van der Waals surface area contributed by atoms with E-state index in [9.17, 15) is 19.1 Å². The van der Waals surface area contributed by atoms with Gasteiger partial charge in [-0.15, -0.1) is 11.3 Å². The maximum absolute atomic E-state index is 14.4. The lowest BCUT2D eigenvalue weighted by molar-refractivity contribution is -0.140. The number of rotatable bonds is 8. The maximum Gasteiger partial charge on any atom is 0.412 e. The highest BCUT2D eigenvalue weighted by atomic mass is 35.5. The number of nitrogens with one attached hydrogen (secondary N) is 1. The Hall–Kier alpha value is -3.88. The van der Waals surface area contributed by atoms with Crippen molar-refractivity contribution in [1.82, 2.24) is 0 Å². The first-order valence-electron chi connectivity index (χ1n) is 12.3. The maximum atomic E-state index is 14.4. The van der Waals surface area contributed by atoms with Gasteiger partial charge in [0.25, 0.3) is 0 Å². The van der Waals surface area contributed by atoms with Gasteiger partial charge >= 0.3 is 12.1 Å². The highest BCUT2D eigenvalue weighted by Crippen LogP contribution is 2.49. The lowest BCUT2D eigenvalue weighted by Gasteiger charge is -2.15. The van der Waals surface area contributed by atoms with Gasteiger partial charge in [0.2, 0.25) is 0 Å². The van der Waals surface area contributed by atoms with Crippen LogP contribution in [-0.2, 0) is 14.9 Å². The van der Waals surface area contributed by atoms with Gasteiger partial charge < -0.3 is 14.6 Å². The van der Waals surface area contributed by atoms with E-state index in [2.05, 4.69) is 5.32 Å². The number of anilines is 1. The van der Waals surface area contributed by atoms with Crippen LogP contribution < -0.4 is 10.1 Å². The number of hydrogen-bond acceptors (Lipinski definition) is 5. The van der Waals surface area contributed by atoms with E-state index in [-0.39, 0.29) is 5.69 Å². The van der Waals surface area contributed by atoms with E-state index in [0.717, 1.165) is 33.6 Å². The molecule has 39 heavy (non-hydrogen) atoms. The number of hydrogen-bond donors (Lipinski definition) is 2. The minimum absolute atomic E-state index is 0.286. The van der Waals surface area contributed by atoms with Crippen LogP contribution in [0, 0.1) is 5.13 Å². The van der Waals surface area contributed by atoms with Gasteiger partial charge in [-0.1, -0.05) is 60.1 Å². The van der Waals surface area contributed by atoms with Gasteiger partial charge in [0.15, 0.2) is 5.13 Å². The molecule has 0 saturated heterocycles. The van der Waals surface area contributed by atoms with Crippen LogP contribution in [0.15, 0.2) is 72.8 Å². The molecule has 5 rings (SSSR count). The van der Waals surface area contributed by atoms with E-state index in [1.54, 1.807) is 44.4 Å². The summed E-state index contributed by atoms with van der Waals surface area (Å²) in [4.78, 5) is 24.8. The lowest BCUT2D eigenvalue weighted by Crippen LogP contribution is -2.19. The van der Waals surface area contributed by atoms with Gasteiger partial charge in [-0.3, -0.25) is 10.1 Å². The van der Waals surface area contributed by atoms with Crippen LogP contribution in [0.25, 0.3) is 21.6 Å². The first kappa shape index (κ1) is 26.7. The van der Waals surface area contributed by atoms with Crippen molar-refractivity contribution < 1.29 is 28.6 Å². The second-order valence-corrected chi connectivity index (χ2v) is 10.8. The van der Waals surface area contributed by atoms with E-state index in [4.69, 9.17) is 21.1 Å². The normalized spacial score (nSPS) is 14.4. The van der Waals surface area contributed by atoms with Crippen LogP contribution in [0.2, 0.25) is 5.02 Å². The van der Waals surface area contributed by atoms with Crippen molar-refractivity contribution in [3.8, 4) is 27.3 Å². The average molecular weight is 566 g/mol. The van der Waals surface area contributed by atoms with E-state index >= 15 is 0 Å². The highest BCUT2D eigenvalue weighted by molar-refractivity contribution is 7.14. The molecule has 1 fully saturated rings. The summed E-state index contributed by atoms with van der Waals surface area (Å²) >= 11 is 6.82. The third kappa shape index (κ3) is 5.48. The Morgan fingerprint density at radius 2 is 1.69 bits per heavy atom. The van der Waals surface area contributed by atoms with E-state index in [1.165, 1.54) is 6.07 Å². The molecule has 0 spiro atoms. The fourth-order valence-electron chi connectivity index (χ4n) is 4.56. The average Bonchev–Trinajstić information content (AvgIpc) is 3.66. The van der Waals surface area contributed by atoms with Crippen molar-refractivity contribution in [3.63, 3.8) is 0 Å². The molecule has 0 aliphatic heterocycles. The number of aliphatic carboxylic acids is 1. The Kier molecular flexibility index (Phi) is 7.34. The van der Waals surface area contributed by atoms with Gasteiger partial charge in [-0.05, 0) is 60.2 Å². The number of carbonyl (C=O) groups excluding carboxylic acids is 1. The summed E-state index contributed by atoms with van der Waals surface area (Å²) in [6.45, 7) is 1.74. The van der Waals surface area contributed by atoms with E-state index in [1.807, 2.05) is 36.4 Å². The fraction of sp³-hybridized carbons (Fsp3) is 0.200. The highest BCUT2D eigenvalue weighted by Gasteiger charge is 2.51. The van der Waals surface area contributed by atoms with Gasteiger partial charge in [0, 0.05) is 16.7 Å². The molecule has 1 amide bonds. The van der Waals surface area contributed by atoms with Crippen LogP contribution in [0.4, 0.5) is 14.9 Å². The second-order valence-electron chi connectivity index (χ2n) is 9.40. The molecule has 1 aromatic heterocycles. The van der Waals surface area contributed by atoms with Crippen LogP contribution >= 0.6 is 22.9 Å². The molecule has 2 N–H and O–H groups in total. The minimum Gasteiger partial charge on any atom is -0.496 e. The number of amides is 1. The fourth-order valence-corrected chi connectivity index (χ4v) is 5.52. The van der Waals surface area contributed by atoms with Crippen molar-refractivity contribution in [2.45, 2.75) is 31.3 Å². The predicted molar refractivity (Wildman–Crippen MR) is 150 cm³/mol. The molecule has 1 saturated carbocycles. The summed E-state index contributed by atoms with van der Waals surface area (Å²) in [7, 11) is 1.55. The van der Waals surface area contributed by atoms with Gasteiger partial charge in [-0.2, -0.15) is 4.39 Å². The Bertz CT molecular complexity index is 1530.